The van der Waals surface area contributed by atoms with Crippen LogP contribution in [0.5, 0.6) is 0 Å². The number of hydrogen-bond donors (Lipinski definition) is 0. The number of hydrogen-bond acceptors (Lipinski definition) is 5. The Morgan fingerprint density at radius 1 is 1.22 bits per heavy atom. The number of sulfone groups is 1. The van der Waals surface area contributed by atoms with Gasteiger partial charge < -0.3 is 9.80 Å². The fourth-order valence-electron chi connectivity index (χ4n) is 3.46. The van der Waals surface area contributed by atoms with Crippen molar-refractivity contribution in [3.8, 4) is 0 Å². The van der Waals surface area contributed by atoms with Gasteiger partial charge in [0.15, 0.2) is 9.84 Å². The fraction of sp³-hybridized carbons (Fsp3) is 0.632. The minimum Gasteiger partial charge on any atom is -0.345 e. The highest BCUT2D eigenvalue weighted by Gasteiger charge is 2.44. The summed E-state index contributed by atoms with van der Waals surface area (Å²) in [7, 11) is -1.41. The third kappa shape index (κ3) is 5.06. The van der Waals surface area contributed by atoms with Gasteiger partial charge in [-0.15, -0.1) is 0 Å². The molecule has 27 heavy (non-hydrogen) atoms. The highest BCUT2D eigenvalue weighted by atomic mass is 32.2. The van der Waals surface area contributed by atoms with E-state index in [0.717, 1.165) is 5.56 Å². The van der Waals surface area contributed by atoms with Gasteiger partial charge in [0.05, 0.1) is 11.5 Å². The summed E-state index contributed by atoms with van der Waals surface area (Å²) >= 11 is 0. The van der Waals surface area contributed by atoms with Crippen molar-refractivity contribution in [3.63, 3.8) is 0 Å². The van der Waals surface area contributed by atoms with E-state index in [9.17, 15) is 18.0 Å². The van der Waals surface area contributed by atoms with Crippen molar-refractivity contribution in [2.45, 2.75) is 39.7 Å². The maximum Gasteiger partial charge on any atom is 0.237 e. The molecule has 8 heteroatoms. The lowest BCUT2D eigenvalue weighted by atomic mass is 9.88. The van der Waals surface area contributed by atoms with Gasteiger partial charge in [-0.25, -0.2) is 8.42 Å². The lowest BCUT2D eigenvalue weighted by Gasteiger charge is -2.36. The van der Waals surface area contributed by atoms with E-state index in [2.05, 4.69) is 4.98 Å². The lowest BCUT2D eigenvalue weighted by molar-refractivity contribution is -0.154. The molecule has 7 nitrogen and oxygen atoms in total. The number of pyridine rings is 1. The second-order valence-corrected chi connectivity index (χ2v) is 9.83. The Morgan fingerprint density at radius 2 is 1.85 bits per heavy atom. The van der Waals surface area contributed by atoms with E-state index in [1.54, 1.807) is 43.1 Å². The molecule has 0 N–H and O–H groups in total. The van der Waals surface area contributed by atoms with Gasteiger partial charge in [0.25, 0.3) is 0 Å². The second-order valence-electron chi connectivity index (χ2n) is 7.61. The highest BCUT2D eigenvalue weighted by Crippen LogP contribution is 2.26. The molecule has 2 amide bonds. The number of likely N-dealkylation sites (N-methyl/N-ethyl adjacent to an activating group) is 1. The summed E-state index contributed by atoms with van der Waals surface area (Å²) in [5.41, 5.74) is -0.171. The molecule has 1 unspecified atom stereocenters. The molecule has 0 bridgehead atoms. The van der Waals surface area contributed by atoms with Gasteiger partial charge in [-0.3, -0.25) is 14.6 Å². The van der Waals surface area contributed by atoms with Crippen LogP contribution in [-0.2, 0) is 25.8 Å². The number of carbonyl (C=O) groups is 2. The number of rotatable bonds is 7. The molecule has 1 aromatic rings. The Balaban J connectivity index is 2.05. The Hall–Kier alpha value is -1.96. The molecule has 0 aliphatic carbocycles. The number of nitrogens with zero attached hydrogens (tertiary/aromatic N) is 3. The van der Waals surface area contributed by atoms with Gasteiger partial charge in [0, 0.05) is 38.6 Å². The third-order valence-electron chi connectivity index (χ3n) is 5.15. The fourth-order valence-corrected chi connectivity index (χ4v) is 5.19. The zero-order valence-corrected chi connectivity index (χ0v) is 17.3. The second kappa shape index (κ2) is 8.37. The molecule has 2 heterocycles. The Bertz CT molecular complexity index is 777. The summed E-state index contributed by atoms with van der Waals surface area (Å²) in [4.78, 5) is 33.1. The zero-order chi connectivity index (χ0) is 20.2. The van der Waals surface area contributed by atoms with Crippen LogP contribution in [0.4, 0.5) is 0 Å². The van der Waals surface area contributed by atoms with Crippen LogP contribution in [0.1, 0.15) is 32.8 Å². The van der Waals surface area contributed by atoms with Crippen LogP contribution in [0.25, 0.3) is 0 Å². The van der Waals surface area contributed by atoms with E-state index in [4.69, 9.17) is 0 Å². The van der Waals surface area contributed by atoms with Crippen LogP contribution in [0, 0.1) is 5.41 Å². The van der Waals surface area contributed by atoms with E-state index in [-0.39, 0.29) is 29.4 Å². The van der Waals surface area contributed by atoms with Crippen molar-refractivity contribution in [2.75, 3.05) is 31.6 Å². The van der Waals surface area contributed by atoms with Gasteiger partial charge in [0.1, 0.15) is 5.41 Å². The Morgan fingerprint density at radius 3 is 2.37 bits per heavy atom. The lowest BCUT2D eigenvalue weighted by Crippen LogP contribution is -2.53. The van der Waals surface area contributed by atoms with Crippen LogP contribution in [-0.4, -0.2) is 72.7 Å². The summed E-state index contributed by atoms with van der Waals surface area (Å²) in [5, 5.41) is 0. The molecule has 1 fully saturated rings. The Kier molecular flexibility index (Phi) is 6.62. The van der Waals surface area contributed by atoms with E-state index < -0.39 is 15.3 Å². The molecule has 0 aromatic carbocycles. The molecule has 1 aliphatic heterocycles. The molecule has 1 aromatic heterocycles. The first-order chi connectivity index (χ1) is 12.6. The van der Waals surface area contributed by atoms with Crippen molar-refractivity contribution < 1.29 is 18.0 Å². The maximum atomic E-state index is 13.1. The molecule has 0 radical (unpaired) electrons. The molecule has 0 spiro atoms. The first kappa shape index (κ1) is 21.3. The van der Waals surface area contributed by atoms with Crippen LogP contribution in [0.3, 0.4) is 0 Å². The Labute approximate surface area is 161 Å². The quantitative estimate of drug-likeness (QED) is 0.646. The summed E-state index contributed by atoms with van der Waals surface area (Å²) in [6.45, 7) is 5.93. The number of aromatic nitrogens is 1. The van der Waals surface area contributed by atoms with Gasteiger partial charge in [0.2, 0.25) is 11.8 Å². The molecule has 2 rings (SSSR count). The van der Waals surface area contributed by atoms with E-state index >= 15 is 0 Å². The summed E-state index contributed by atoms with van der Waals surface area (Å²) in [6, 6.07) is 3.45. The summed E-state index contributed by atoms with van der Waals surface area (Å²) in [5.74, 6) is -0.496. The average Bonchev–Trinajstić information content (AvgIpc) is 2.99. The van der Waals surface area contributed by atoms with Gasteiger partial charge in [-0.2, -0.15) is 0 Å². The minimum absolute atomic E-state index is 0.0191. The minimum atomic E-state index is -3.10. The van der Waals surface area contributed by atoms with Crippen molar-refractivity contribution in [1.29, 1.82) is 0 Å². The SMILES string of the molecule is CCN(C(=O)C(C)(C)C(=O)N(C)CCc1ccncc1)C1CCS(=O)(=O)C1. The first-order valence-electron chi connectivity index (χ1n) is 9.24. The molecule has 150 valence electrons. The maximum absolute atomic E-state index is 13.1. The van der Waals surface area contributed by atoms with Gasteiger partial charge in [-0.05, 0) is 51.3 Å². The van der Waals surface area contributed by atoms with Crippen molar-refractivity contribution in [2.24, 2.45) is 5.41 Å². The van der Waals surface area contributed by atoms with Crippen LogP contribution in [0.15, 0.2) is 24.5 Å². The first-order valence-corrected chi connectivity index (χ1v) is 11.1. The molecule has 1 aliphatic rings. The summed E-state index contributed by atoms with van der Waals surface area (Å²) in [6.07, 6.45) is 4.52. The molecule has 1 atom stereocenters. The molecular formula is C19H29N3O4S. The molecular weight excluding hydrogens is 366 g/mol. The molecule has 1 saturated heterocycles. The van der Waals surface area contributed by atoms with E-state index in [0.29, 0.717) is 25.9 Å². The van der Waals surface area contributed by atoms with Crippen LogP contribution < -0.4 is 0 Å². The monoisotopic (exact) mass is 395 g/mol. The topological polar surface area (TPSA) is 87.7 Å². The predicted octanol–water partition coefficient (Wildman–Crippen LogP) is 1.14. The van der Waals surface area contributed by atoms with Crippen LogP contribution >= 0.6 is 0 Å². The van der Waals surface area contributed by atoms with E-state index in [1.165, 1.54) is 0 Å². The standard InChI is InChI=1S/C19H29N3O4S/c1-5-22(16-9-13-27(25,26)14-16)18(24)19(2,3)17(23)21(4)12-8-15-6-10-20-11-7-15/h6-7,10-11,16H,5,8-9,12-14H2,1-4H3. The zero-order valence-electron chi connectivity index (χ0n) is 16.5. The highest BCUT2D eigenvalue weighted by molar-refractivity contribution is 7.91. The van der Waals surface area contributed by atoms with Crippen LogP contribution in [0.2, 0.25) is 0 Å². The van der Waals surface area contributed by atoms with E-state index in [1.807, 2.05) is 19.1 Å². The number of carbonyl (C=O) groups excluding carboxylic acids is 2. The average molecular weight is 396 g/mol. The largest absolute Gasteiger partial charge is 0.345 e. The van der Waals surface area contributed by atoms with Crippen molar-refractivity contribution in [1.82, 2.24) is 14.8 Å². The van der Waals surface area contributed by atoms with Gasteiger partial charge in [-0.1, -0.05) is 0 Å². The third-order valence-corrected chi connectivity index (χ3v) is 6.90. The predicted molar refractivity (Wildman–Crippen MR) is 104 cm³/mol. The summed E-state index contributed by atoms with van der Waals surface area (Å²) < 4.78 is 23.6. The number of amides is 2. The molecule has 0 saturated carbocycles. The normalized spacial score (nSPS) is 18.9. The van der Waals surface area contributed by atoms with Crippen molar-refractivity contribution in [3.05, 3.63) is 30.1 Å². The van der Waals surface area contributed by atoms with Crippen molar-refractivity contribution >= 4 is 21.7 Å². The smallest absolute Gasteiger partial charge is 0.237 e. The van der Waals surface area contributed by atoms with Gasteiger partial charge >= 0.3 is 0 Å².